The molecule has 1 aliphatic heterocycles. The smallest absolute Gasteiger partial charge is 0.407 e. The molecule has 1 unspecified atom stereocenters. The number of alkyl carbamates (subject to hydrolysis) is 1. The van der Waals surface area contributed by atoms with Gasteiger partial charge in [0.05, 0.1) is 13.7 Å². The Hall–Kier alpha value is -3.02. The van der Waals surface area contributed by atoms with E-state index in [9.17, 15) is 9.59 Å². The fourth-order valence-electron chi connectivity index (χ4n) is 2.32. The second kappa shape index (κ2) is 6.39. The van der Waals surface area contributed by atoms with Crippen LogP contribution in [0.1, 0.15) is 22.0 Å². The van der Waals surface area contributed by atoms with Crippen LogP contribution in [0.15, 0.2) is 48.5 Å². The van der Waals surface area contributed by atoms with E-state index in [2.05, 4.69) is 10.6 Å². The van der Waals surface area contributed by atoms with E-state index in [1.165, 1.54) is 0 Å². The van der Waals surface area contributed by atoms with E-state index < -0.39 is 6.09 Å². The first kappa shape index (κ1) is 14.9. The summed E-state index contributed by atoms with van der Waals surface area (Å²) in [6.07, 6.45) is -0.698. The maximum absolute atomic E-state index is 12.2. The lowest BCUT2D eigenvalue weighted by atomic mass is 10.1. The third kappa shape index (κ3) is 3.42. The molecule has 6 nitrogen and oxygen atoms in total. The summed E-state index contributed by atoms with van der Waals surface area (Å²) in [5, 5.41) is 5.42. The highest BCUT2D eigenvalue weighted by Crippen LogP contribution is 2.22. The SMILES string of the molecule is COc1cccc(C(=O)Nc2ccc(C3CNC(=O)O3)cc2)c1. The number of rotatable bonds is 4. The van der Waals surface area contributed by atoms with Gasteiger partial charge in [0.1, 0.15) is 11.9 Å². The van der Waals surface area contributed by atoms with Crippen molar-refractivity contribution >= 4 is 17.7 Å². The van der Waals surface area contributed by atoms with Crippen molar-refractivity contribution < 1.29 is 19.1 Å². The Morgan fingerprint density at radius 2 is 2.04 bits per heavy atom. The van der Waals surface area contributed by atoms with Crippen LogP contribution in [0.2, 0.25) is 0 Å². The summed E-state index contributed by atoms with van der Waals surface area (Å²) >= 11 is 0. The molecule has 0 aliphatic carbocycles. The van der Waals surface area contributed by atoms with Crippen LogP contribution in [-0.2, 0) is 4.74 Å². The number of amides is 2. The molecule has 1 fully saturated rings. The summed E-state index contributed by atoms with van der Waals surface area (Å²) in [5.41, 5.74) is 2.06. The third-order valence-electron chi connectivity index (χ3n) is 3.55. The highest BCUT2D eigenvalue weighted by atomic mass is 16.6. The van der Waals surface area contributed by atoms with Gasteiger partial charge < -0.3 is 20.1 Å². The number of hydrogen-bond donors (Lipinski definition) is 2. The second-order valence-electron chi connectivity index (χ2n) is 5.08. The summed E-state index contributed by atoms with van der Waals surface area (Å²) in [6, 6.07) is 14.1. The van der Waals surface area contributed by atoms with Crippen LogP contribution in [0.5, 0.6) is 5.75 Å². The molecule has 0 aromatic heterocycles. The number of carbonyl (C=O) groups is 2. The van der Waals surface area contributed by atoms with Crippen molar-refractivity contribution in [2.75, 3.05) is 19.0 Å². The van der Waals surface area contributed by atoms with Crippen LogP contribution in [0, 0.1) is 0 Å². The van der Waals surface area contributed by atoms with Crippen LogP contribution in [-0.4, -0.2) is 25.7 Å². The average Bonchev–Trinajstić information content (AvgIpc) is 3.02. The number of hydrogen-bond acceptors (Lipinski definition) is 4. The zero-order valence-corrected chi connectivity index (χ0v) is 12.5. The fourth-order valence-corrected chi connectivity index (χ4v) is 2.32. The Morgan fingerprint density at radius 3 is 2.70 bits per heavy atom. The van der Waals surface area contributed by atoms with Gasteiger partial charge in [0.25, 0.3) is 5.91 Å². The number of methoxy groups -OCH3 is 1. The van der Waals surface area contributed by atoms with Crippen LogP contribution in [0.25, 0.3) is 0 Å². The Labute approximate surface area is 133 Å². The predicted octanol–water partition coefficient (Wildman–Crippen LogP) is 2.73. The van der Waals surface area contributed by atoms with Crippen molar-refractivity contribution in [3.05, 3.63) is 59.7 Å². The van der Waals surface area contributed by atoms with Gasteiger partial charge in [-0.3, -0.25) is 4.79 Å². The summed E-state index contributed by atoms with van der Waals surface area (Å²) < 4.78 is 10.2. The largest absolute Gasteiger partial charge is 0.497 e. The highest BCUT2D eigenvalue weighted by molar-refractivity contribution is 6.04. The molecule has 2 aromatic carbocycles. The number of ether oxygens (including phenoxy) is 2. The van der Waals surface area contributed by atoms with Crippen molar-refractivity contribution in [2.45, 2.75) is 6.10 Å². The minimum Gasteiger partial charge on any atom is -0.497 e. The lowest BCUT2D eigenvalue weighted by molar-refractivity contribution is 0.102. The zero-order chi connectivity index (χ0) is 16.2. The molecule has 0 radical (unpaired) electrons. The zero-order valence-electron chi connectivity index (χ0n) is 12.5. The first-order valence-electron chi connectivity index (χ1n) is 7.15. The quantitative estimate of drug-likeness (QED) is 0.910. The van der Waals surface area contributed by atoms with Crippen molar-refractivity contribution in [1.29, 1.82) is 0 Å². The Balaban J connectivity index is 1.68. The molecule has 3 rings (SSSR count). The van der Waals surface area contributed by atoms with Gasteiger partial charge in [-0.15, -0.1) is 0 Å². The number of anilines is 1. The maximum atomic E-state index is 12.2. The standard InChI is InChI=1S/C17H16N2O4/c1-22-14-4-2-3-12(9-14)16(20)19-13-7-5-11(6-8-13)15-10-18-17(21)23-15/h2-9,15H,10H2,1H3,(H,18,21)(H,19,20). The third-order valence-corrected chi connectivity index (χ3v) is 3.55. The lowest BCUT2D eigenvalue weighted by Gasteiger charge is -2.10. The molecule has 2 amide bonds. The molecule has 23 heavy (non-hydrogen) atoms. The Morgan fingerprint density at radius 1 is 1.26 bits per heavy atom. The average molecular weight is 312 g/mol. The molecule has 6 heteroatoms. The summed E-state index contributed by atoms with van der Waals surface area (Å²) in [7, 11) is 1.56. The van der Waals surface area contributed by atoms with E-state index in [4.69, 9.17) is 9.47 Å². The summed E-state index contributed by atoms with van der Waals surface area (Å²) in [6.45, 7) is 0.453. The van der Waals surface area contributed by atoms with Crippen molar-refractivity contribution in [3.8, 4) is 5.75 Å². The second-order valence-corrected chi connectivity index (χ2v) is 5.08. The van der Waals surface area contributed by atoms with Crippen LogP contribution < -0.4 is 15.4 Å². The van der Waals surface area contributed by atoms with Gasteiger partial charge in [-0.25, -0.2) is 4.79 Å². The molecule has 1 heterocycles. The van der Waals surface area contributed by atoms with Gasteiger partial charge in [-0.2, -0.15) is 0 Å². The van der Waals surface area contributed by atoms with Gasteiger partial charge >= 0.3 is 6.09 Å². The minimum atomic E-state index is -0.412. The minimum absolute atomic E-state index is 0.217. The number of carbonyl (C=O) groups excluding carboxylic acids is 2. The molecule has 0 bridgehead atoms. The molecule has 0 spiro atoms. The molecule has 2 N–H and O–H groups in total. The van der Waals surface area contributed by atoms with Gasteiger partial charge in [0.2, 0.25) is 0 Å². The van der Waals surface area contributed by atoms with E-state index in [0.29, 0.717) is 23.5 Å². The van der Waals surface area contributed by atoms with Crippen LogP contribution >= 0.6 is 0 Å². The molecular weight excluding hydrogens is 296 g/mol. The van der Waals surface area contributed by atoms with E-state index >= 15 is 0 Å². The number of nitrogens with one attached hydrogen (secondary N) is 2. The molecule has 1 atom stereocenters. The molecule has 0 saturated carbocycles. The van der Waals surface area contributed by atoms with E-state index in [1.807, 2.05) is 12.1 Å². The van der Waals surface area contributed by atoms with Crippen molar-refractivity contribution in [3.63, 3.8) is 0 Å². The van der Waals surface area contributed by atoms with Gasteiger partial charge in [0.15, 0.2) is 0 Å². The molecule has 2 aromatic rings. The van der Waals surface area contributed by atoms with E-state index in [1.54, 1.807) is 43.5 Å². The van der Waals surface area contributed by atoms with Crippen LogP contribution in [0.3, 0.4) is 0 Å². The molecule has 1 aliphatic rings. The van der Waals surface area contributed by atoms with E-state index in [-0.39, 0.29) is 12.0 Å². The summed E-state index contributed by atoms with van der Waals surface area (Å²) in [4.78, 5) is 23.3. The fraction of sp³-hybridized carbons (Fsp3) is 0.176. The molecular formula is C17H16N2O4. The van der Waals surface area contributed by atoms with Crippen molar-refractivity contribution in [1.82, 2.24) is 5.32 Å². The van der Waals surface area contributed by atoms with E-state index in [0.717, 1.165) is 5.56 Å². The molecule has 118 valence electrons. The predicted molar refractivity (Wildman–Crippen MR) is 84.6 cm³/mol. The van der Waals surface area contributed by atoms with Gasteiger partial charge in [-0.1, -0.05) is 18.2 Å². The first-order chi connectivity index (χ1) is 11.2. The van der Waals surface area contributed by atoms with Gasteiger partial charge in [0, 0.05) is 11.3 Å². The molecule has 1 saturated heterocycles. The topological polar surface area (TPSA) is 76.7 Å². The monoisotopic (exact) mass is 312 g/mol. The van der Waals surface area contributed by atoms with Crippen LogP contribution in [0.4, 0.5) is 10.5 Å². The Kier molecular flexibility index (Phi) is 4.14. The maximum Gasteiger partial charge on any atom is 0.407 e. The summed E-state index contributed by atoms with van der Waals surface area (Å²) in [5.74, 6) is 0.411. The number of cyclic esters (lactones) is 1. The lowest BCUT2D eigenvalue weighted by Crippen LogP contribution is -2.13. The first-order valence-corrected chi connectivity index (χ1v) is 7.15. The normalized spacial score (nSPS) is 16.4. The van der Waals surface area contributed by atoms with Gasteiger partial charge in [-0.05, 0) is 35.9 Å². The number of benzene rings is 2. The highest BCUT2D eigenvalue weighted by Gasteiger charge is 2.23. The van der Waals surface area contributed by atoms with Crippen molar-refractivity contribution in [2.24, 2.45) is 0 Å². The Bertz CT molecular complexity index is 728.